The van der Waals surface area contributed by atoms with Crippen LogP contribution in [0.5, 0.6) is 0 Å². The lowest BCUT2D eigenvalue weighted by molar-refractivity contribution is 0.112. The van der Waals surface area contributed by atoms with Crippen LogP contribution in [0.25, 0.3) is 0 Å². The number of likely N-dealkylation sites (tertiary alicyclic amines) is 1. The van der Waals surface area contributed by atoms with E-state index < -0.39 is 0 Å². The zero-order valence-corrected chi connectivity index (χ0v) is 12.7. The third kappa shape index (κ3) is 3.96. The van der Waals surface area contributed by atoms with E-state index in [1.807, 2.05) is 0 Å². The van der Waals surface area contributed by atoms with Crippen LogP contribution in [0.1, 0.15) is 59.3 Å². The number of piperidine rings is 1. The van der Waals surface area contributed by atoms with Crippen LogP contribution >= 0.6 is 0 Å². The highest BCUT2D eigenvalue weighted by atomic mass is 15.1. The van der Waals surface area contributed by atoms with Gasteiger partial charge in [0.15, 0.2) is 0 Å². The molecule has 1 aliphatic carbocycles. The topological polar surface area (TPSA) is 15.3 Å². The minimum atomic E-state index is 0.589. The smallest absolute Gasteiger partial charge is 0.0107 e. The highest BCUT2D eigenvalue weighted by Crippen LogP contribution is 2.32. The van der Waals surface area contributed by atoms with Crippen LogP contribution in [0, 0.1) is 11.3 Å². The molecular weight excluding hydrogens is 220 g/mol. The molecule has 2 unspecified atom stereocenters. The first-order valence-corrected chi connectivity index (χ1v) is 8.06. The Morgan fingerprint density at radius 3 is 2.56 bits per heavy atom. The van der Waals surface area contributed by atoms with E-state index in [-0.39, 0.29) is 0 Å². The van der Waals surface area contributed by atoms with Crippen molar-refractivity contribution in [2.24, 2.45) is 11.3 Å². The molecule has 0 aromatic heterocycles. The van der Waals surface area contributed by atoms with Gasteiger partial charge in [-0.05, 0) is 63.1 Å². The molecule has 0 spiro atoms. The quantitative estimate of drug-likeness (QED) is 0.808. The molecule has 1 heterocycles. The van der Waals surface area contributed by atoms with Gasteiger partial charge in [0, 0.05) is 12.6 Å². The van der Waals surface area contributed by atoms with Crippen molar-refractivity contribution in [3.63, 3.8) is 0 Å². The minimum Gasteiger partial charge on any atom is -0.314 e. The lowest BCUT2D eigenvalue weighted by Gasteiger charge is -2.38. The summed E-state index contributed by atoms with van der Waals surface area (Å²) in [4.78, 5) is 2.72. The van der Waals surface area contributed by atoms with Crippen molar-refractivity contribution in [2.75, 3.05) is 26.2 Å². The minimum absolute atomic E-state index is 0.589. The summed E-state index contributed by atoms with van der Waals surface area (Å²) in [7, 11) is 0. The summed E-state index contributed by atoms with van der Waals surface area (Å²) < 4.78 is 0. The van der Waals surface area contributed by atoms with E-state index in [9.17, 15) is 0 Å². The SMILES string of the molecule is CCCNC1CCCC1CN1CCC(C)(C)CC1. The summed E-state index contributed by atoms with van der Waals surface area (Å²) in [6.45, 7) is 12.3. The Bertz CT molecular complexity index is 239. The molecule has 18 heavy (non-hydrogen) atoms. The van der Waals surface area contributed by atoms with E-state index in [0.717, 1.165) is 12.0 Å². The molecule has 1 saturated heterocycles. The van der Waals surface area contributed by atoms with Gasteiger partial charge in [0.05, 0.1) is 0 Å². The molecule has 2 heteroatoms. The second kappa shape index (κ2) is 6.38. The van der Waals surface area contributed by atoms with E-state index in [2.05, 4.69) is 31.0 Å². The van der Waals surface area contributed by atoms with Crippen molar-refractivity contribution in [3.05, 3.63) is 0 Å². The Kier molecular flexibility index (Phi) is 5.08. The molecule has 0 bridgehead atoms. The molecular formula is C16H32N2. The Balaban J connectivity index is 1.75. The fourth-order valence-corrected chi connectivity index (χ4v) is 3.53. The molecule has 1 N–H and O–H groups in total. The van der Waals surface area contributed by atoms with Gasteiger partial charge < -0.3 is 10.2 Å². The van der Waals surface area contributed by atoms with Crippen molar-refractivity contribution < 1.29 is 0 Å². The van der Waals surface area contributed by atoms with Crippen molar-refractivity contribution >= 4 is 0 Å². The predicted octanol–water partition coefficient (Wildman–Crippen LogP) is 3.28. The predicted molar refractivity (Wildman–Crippen MR) is 78.9 cm³/mol. The normalized spacial score (nSPS) is 32.8. The number of nitrogens with one attached hydrogen (secondary N) is 1. The molecule has 106 valence electrons. The number of hydrogen-bond donors (Lipinski definition) is 1. The zero-order chi connectivity index (χ0) is 13.0. The van der Waals surface area contributed by atoms with Crippen LogP contribution in [0.2, 0.25) is 0 Å². The van der Waals surface area contributed by atoms with Gasteiger partial charge in [-0.25, -0.2) is 0 Å². The van der Waals surface area contributed by atoms with Gasteiger partial charge in [0.2, 0.25) is 0 Å². The second-order valence-electron chi connectivity index (χ2n) is 7.22. The highest BCUT2D eigenvalue weighted by molar-refractivity contribution is 4.87. The summed E-state index contributed by atoms with van der Waals surface area (Å²) in [5, 5.41) is 3.76. The van der Waals surface area contributed by atoms with Crippen LogP contribution in [0.4, 0.5) is 0 Å². The van der Waals surface area contributed by atoms with Crippen molar-refractivity contribution in [2.45, 2.75) is 65.3 Å². The maximum Gasteiger partial charge on any atom is 0.0107 e. The fourth-order valence-electron chi connectivity index (χ4n) is 3.53. The van der Waals surface area contributed by atoms with Crippen molar-refractivity contribution in [3.8, 4) is 0 Å². The van der Waals surface area contributed by atoms with Crippen LogP contribution < -0.4 is 5.32 Å². The number of nitrogens with zero attached hydrogens (tertiary/aromatic N) is 1. The molecule has 0 aromatic rings. The Morgan fingerprint density at radius 1 is 1.17 bits per heavy atom. The molecule has 0 aromatic carbocycles. The van der Waals surface area contributed by atoms with Crippen molar-refractivity contribution in [1.29, 1.82) is 0 Å². The van der Waals surface area contributed by atoms with Gasteiger partial charge in [0.25, 0.3) is 0 Å². The molecule has 1 saturated carbocycles. The van der Waals surface area contributed by atoms with Gasteiger partial charge >= 0.3 is 0 Å². The average Bonchev–Trinajstić information content (AvgIpc) is 2.77. The molecule has 2 rings (SSSR count). The average molecular weight is 252 g/mol. The number of hydrogen-bond acceptors (Lipinski definition) is 2. The molecule has 0 amide bonds. The summed E-state index contributed by atoms with van der Waals surface area (Å²) in [6.07, 6.45) is 8.32. The van der Waals surface area contributed by atoms with Crippen LogP contribution in [0.15, 0.2) is 0 Å². The molecule has 2 aliphatic rings. The van der Waals surface area contributed by atoms with Crippen LogP contribution in [-0.2, 0) is 0 Å². The monoisotopic (exact) mass is 252 g/mol. The van der Waals surface area contributed by atoms with Gasteiger partial charge in [-0.15, -0.1) is 0 Å². The van der Waals surface area contributed by atoms with E-state index in [1.165, 1.54) is 64.7 Å². The van der Waals surface area contributed by atoms with E-state index >= 15 is 0 Å². The van der Waals surface area contributed by atoms with E-state index in [1.54, 1.807) is 0 Å². The summed E-state index contributed by atoms with van der Waals surface area (Å²) in [6, 6.07) is 0.805. The van der Waals surface area contributed by atoms with Gasteiger partial charge in [-0.1, -0.05) is 27.2 Å². The molecule has 2 nitrogen and oxygen atoms in total. The molecule has 0 radical (unpaired) electrons. The van der Waals surface area contributed by atoms with E-state index in [0.29, 0.717) is 5.41 Å². The first-order valence-electron chi connectivity index (χ1n) is 8.06. The first-order chi connectivity index (χ1) is 8.61. The maximum absolute atomic E-state index is 3.76. The lowest BCUT2D eigenvalue weighted by Crippen LogP contribution is -2.44. The molecule has 1 aliphatic heterocycles. The maximum atomic E-state index is 3.76. The second-order valence-corrected chi connectivity index (χ2v) is 7.22. The van der Waals surface area contributed by atoms with Gasteiger partial charge in [-0.3, -0.25) is 0 Å². The van der Waals surface area contributed by atoms with E-state index in [4.69, 9.17) is 0 Å². The highest BCUT2D eigenvalue weighted by Gasteiger charge is 2.31. The zero-order valence-electron chi connectivity index (χ0n) is 12.7. The Labute approximate surface area is 114 Å². The Morgan fingerprint density at radius 2 is 1.89 bits per heavy atom. The summed E-state index contributed by atoms with van der Waals surface area (Å²) in [5.74, 6) is 0.915. The lowest BCUT2D eigenvalue weighted by atomic mass is 9.82. The first kappa shape index (κ1) is 14.3. The van der Waals surface area contributed by atoms with Crippen LogP contribution in [0.3, 0.4) is 0 Å². The van der Waals surface area contributed by atoms with Gasteiger partial charge in [-0.2, -0.15) is 0 Å². The number of rotatable bonds is 5. The third-order valence-corrected chi connectivity index (χ3v) is 5.02. The van der Waals surface area contributed by atoms with Crippen LogP contribution in [-0.4, -0.2) is 37.1 Å². The molecule has 2 fully saturated rings. The largest absolute Gasteiger partial charge is 0.314 e. The Hall–Kier alpha value is -0.0800. The fraction of sp³-hybridized carbons (Fsp3) is 1.00. The summed E-state index contributed by atoms with van der Waals surface area (Å²) in [5.41, 5.74) is 0.589. The molecule has 2 atom stereocenters. The van der Waals surface area contributed by atoms with Gasteiger partial charge in [0.1, 0.15) is 0 Å². The third-order valence-electron chi connectivity index (χ3n) is 5.02. The standard InChI is InChI=1S/C16H32N2/c1-4-10-17-15-7-5-6-14(15)13-18-11-8-16(2,3)9-12-18/h14-15,17H,4-13H2,1-3H3. The summed E-state index contributed by atoms with van der Waals surface area (Å²) >= 11 is 0. The van der Waals surface area contributed by atoms with Crippen molar-refractivity contribution in [1.82, 2.24) is 10.2 Å².